The van der Waals surface area contributed by atoms with Crippen LogP contribution in [0.4, 0.5) is 0 Å². The number of hydrogen-bond acceptors (Lipinski definition) is 3. The van der Waals surface area contributed by atoms with Crippen molar-refractivity contribution >= 4 is 15.8 Å². The summed E-state index contributed by atoms with van der Waals surface area (Å²) in [5, 5.41) is 19.8. The van der Waals surface area contributed by atoms with Crippen molar-refractivity contribution in [3.63, 3.8) is 0 Å². The maximum atomic E-state index is 9.28. The normalized spacial score (nSPS) is 21.2. The van der Waals surface area contributed by atoms with Crippen molar-refractivity contribution in [2.24, 2.45) is 0 Å². The first-order valence-electron chi connectivity index (χ1n) is 5.96. The van der Waals surface area contributed by atoms with E-state index in [-0.39, 0.29) is 22.4 Å². The SMILES string of the molecule is OCC(O)C[As]CC1CCc2ccccc2O1. The zero-order valence-corrected chi connectivity index (χ0v) is 11.6. The van der Waals surface area contributed by atoms with Gasteiger partial charge in [-0.2, -0.15) is 0 Å². The van der Waals surface area contributed by atoms with Gasteiger partial charge >= 0.3 is 108 Å². The predicted octanol–water partition coefficient (Wildman–Crippen LogP) is 1.27. The number of para-hydroxylation sites is 1. The van der Waals surface area contributed by atoms with Gasteiger partial charge in [0.05, 0.1) is 0 Å². The molecular weight excluding hydrogens is 279 g/mol. The molecule has 1 aromatic rings. The van der Waals surface area contributed by atoms with Gasteiger partial charge in [0.2, 0.25) is 0 Å². The van der Waals surface area contributed by atoms with E-state index in [4.69, 9.17) is 9.84 Å². The molecule has 93 valence electrons. The van der Waals surface area contributed by atoms with Gasteiger partial charge < -0.3 is 0 Å². The van der Waals surface area contributed by atoms with Gasteiger partial charge in [0.15, 0.2) is 0 Å². The van der Waals surface area contributed by atoms with Crippen LogP contribution in [-0.4, -0.2) is 44.8 Å². The summed E-state index contributed by atoms with van der Waals surface area (Å²) >= 11 is 0.0708. The molecule has 0 aromatic heterocycles. The minimum atomic E-state index is -0.536. The summed E-state index contributed by atoms with van der Waals surface area (Å²) in [6.45, 7) is -0.121. The standard InChI is InChI=1S/C13H18AsO3/c15-9-11(16)7-14-8-12-6-5-10-3-1-2-4-13(10)17-12/h1-4,11-12,15-16H,5-9H2. The fraction of sp³-hybridized carbons (Fsp3) is 0.538. The topological polar surface area (TPSA) is 49.7 Å². The Labute approximate surface area is 108 Å². The molecule has 0 aliphatic carbocycles. The molecular formula is C13H18AsO3. The summed E-state index contributed by atoms with van der Waals surface area (Å²) in [6, 6.07) is 8.20. The molecule has 2 N–H and O–H groups in total. The third-order valence-electron chi connectivity index (χ3n) is 2.89. The van der Waals surface area contributed by atoms with E-state index in [2.05, 4.69) is 6.07 Å². The quantitative estimate of drug-likeness (QED) is 0.805. The molecule has 0 saturated heterocycles. The molecule has 1 aromatic carbocycles. The minimum absolute atomic E-state index is 0.0708. The van der Waals surface area contributed by atoms with Crippen molar-refractivity contribution in [3.8, 4) is 5.75 Å². The van der Waals surface area contributed by atoms with E-state index in [9.17, 15) is 5.11 Å². The van der Waals surface area contributed by atoms with Crippen molar-refractivity contribution in [3.05, 3.63) is 29.8 Å². The number of aryl methyl sites for hydroxylation is 1. The second kappa shape index (κ2) is 6.44. The van der Waals surface area contributed by atoms with E-state index >= 15 is 0 Å². The number of hydrogen-bond donors (Lipinski definition) is 2. The van der Waals surface area contributed by atoms with E-state index in [1.165, 1.54) is 5.56 Å². The average Bonchev–Trinajstić information content (AvgIpc) is 2.38. The van der Waals surface area contributed by atoms with Gasteiger partial charge in [-0.05, 0) is 0 Å². The Morgan fingerprint density at radius 2 is 2.24 bits per heavy atom. The van der Waals surface area contributed by atoms with Gasteiger partial charge in [0.25, 0.3) is 0 Å². The van der Waals surface area contributed by atoms with Crippen molar-refractivity contribution < 1.29 is 14.9 Å². The first-order chi connectivity index (χ1) is 8.29. The third kappa shape index (κ3) is 3.73. The summed E-state index contributed by atoms with van der Waals surface area (Å²) < 4.78 is 5.93. The average molecular weight is 297 g/mol. The molecule has 0 bridgehead atoms. The molecule has 1 aliphatic heterocycles. The van der Waals surface area contributed by atoms with Gasteiger partial charge in [0.1, 0.15) is 0 Å². The molecule has 2 rings (SSSR count). The molecule has 1 radical (unpaired) electrons. The summed E-state index contributed by atoms with van der Waals surface area (Å²) in [5.41, 5.74) is 1.30. The van der Waals surface area contributed by atoms with E-state index in [1.807, 2.05) is 18.2 Å². The third-order valence-corrected chi connectivity index (χ3v) is 5.71. The Balaban J connectivity index is 1.78. The number of ether oxygens (including phenoxy) is 1. The Bertz CT molecular complexity index is 356. The van der Waals surface area contributed by atoms with Gasteiger partial charge in [-0.15, -0.1) is 0 Å². The Morgan fingerprint density at radius 1 is 1.41 bits per heavy atom. The Morgan fingerprint density at radius 3 is 3.06 bits per heavy atom. The number of fused-ring (bicyclic) bond motifs is 1. The van der Waals surface area contributed by atoms with Crippen LogP contribution < -0.4 is 4.74 Å². The van der Waals surface area contributed by atoms with E-state index in [0.29, 0.717) is 6.10 Å². The zero-order valence-electron chi connectivity index (χ0n) is 9.75. The molecule has 1 aliphatic rings. The molecule has 2 unspecified atom stereocenters. The van der Waals surface area contributed by atoms with E-state index < -0.39 is 6.10 Å². The molecule has 3 nitrogen and oxygen atoms in total. The summed E-state index contributed by atoms with van der Waals surface area (Å²) in [6.07, 6.45) is 1.92. The Hall–Kier alpha value is -0.502. The van der Waals surface area contributed by atoms with E-state index in [0.717, 1.165) is 29.0 Å². The van der Waals surface area contributed by atoms with Crippen molar-refractivity contribution in [2.75, 3.05) is 6.61 Å². The first kappa shape index (κ1) is 12.9. The molecule has 1 heterocycles. The monoisotopic (exact) mass is 297 g/mol. The second-order valence-electron chi connectivity index (χ2n) is 4.31. The van der Waals surface area contributed by atoms with Crippen LogP contribution in [0.2, 0.25) is 10.4 Å². The van der Waals surface area contributed by atoms with Crippen LogP contribution in [0, 0.1) is 0 Å². The predicted molar refractivity (Wildman–Crippen MR) is 67.6 cm³/mol. The van der Waals surface area contributed by atoms with Crippen molar-refractivity contribution in [1.82, 2.24) is 0 Å². The molecule has 0 saturated carbocycles. The zero-order chi connectivity index (χ0) is 12.1. The van der Waals surface area contributed by atoms with Gasteiger partial charge in [-0.3, -0.25) is 0 Å². The summed E-state index contributed by atoms with van der Waals surface area (Å²) in [7, 11) is 0. The molecule has 0 spiro atoms. The Kier molecular flexibility index (Phi) is 4.90. The second-order valence-corrected chi connectivity index (χ2v) is 6.78. The maximum absolute atomic E-state index is 9.28. The fourth-order valence-corrected chi connectivity index (χ4v) is 4.26. The van der Waals surface area contributed by atoms with E-state index in [1.54, 1.807) is 0 Å². The molecule has 0 fully saturated rings. The number of aliphatic hydroxyl groups excluding tert-OH is 2. The van der Waals surface area contributed by atoms with Crippen LogP contribution in [0.5, 0.6) is 5.75 Å². The number of benzene rings is 1. The van der Waals surface area contributed by atoms with Gasteiger partial charge in [-0.1, -0.05) is 0 Å². The van der Waals surface area contributed by atoms with Gasteiger partial charge in [0, 0.05) is 0 Å². The number of aliphatic hydroxyl groups is 2. The molecule has 17 heavy (non-hydrogen) atoms. The fourth-order valence-electron chi connectivity index (χ4n) is 1.93. The van der Waals surface area contributed by atoms with Crippen LogP contribution in [0.15, 0.2) is 24.3 Å². The van der Waals surface area contributed by atoms with Crippen molar-refractivity contribution in [1.29, 1.82) is 0 Å². The molecule has 2 atom stereocenters. The van der Waals surface area contributed by atoms with Crippen LogP contribution in [0.25, 0.3) is 0 Å². The number of rotatable bonds is 5. The first-order valence-corrected chi connectivity index (χ1v) is 8.61. The van der Waals surface area contributed by atoms with Crippen molar-refractivity contribution in [2.45, 2.75) is 35.5 Å². The molecule has 4 heteroatoms. The van der Waals surface area contributed by atoms with Crippen LogP contribution in [-0.2, 0) is 6.42 Å². The summed E-state index contributed by atoms with van der Waals surface area (Å²) in [5.74, 6) is 1.02. The van der Waals surface area contributed by atoms with Crippen LogP contribution in [0.1, 0.15) is 12.0 Å². The van der Waals surface area contributed by atoms with Crippen LogP contribution in [0.3, 0.4) is 0 Å². The van der Waals surface area contributed by atoms with Crippen LogP contribution >= 0.6 is 0 Å². The molecule has 0 amide bonds. The van der Waals surface area contributed by atoms with Gasteiger partial charge in [-0.25, -0.2) is 0 Å². The summed E-state index contributed by atoms with van der Waals surface area (Å²) in [4.78, 5) is 0.